The highest BCUT2D eigenvalue weighted by atomic mass is 19.1. The molecule has 0 bridgehead atoms. The molecule has 0 atom stereocenters. The lowest BCUT2D eigenvalue weighted by Crippen LogP contribution is -2.19. The summed E-state index contributed by atoms with van der Waals surface area (Å²) in [5.74, 6) is -0.766. The second kappa shape index (κ2) is 12.4. The lowest BCUT2D eigenvalue weighted by Gasteiger charge is -2.12. The Morgan fingerprint density at radius 1 is 0.683 bits per heavy atom. The van der Waals surface area contributed by atoms with Crippen molar-refractivity contribution >= 4 is 27.7 Å². The fourth-order valence-electron chi connectivity index (χ4n) is 4.61. The van der Waals surface area contributed by atoms with Crippen molar-refractivity contribution in [3.63, 3.8) is 0 Å². The smallest absolute Gasteiger partial charge is 0.217 e. The van der Waals surface area contributed by atoms with E-state index in [1.165, 1.54) is 19.1 Å². The number of nitrogens with two attached hydrogens (primary N) is 1. The van der Waals surface area contributed by atoms with Gasteiger partial charge in [0.15, 0.2) is 0 Å². The Labute approximate surface area is 236 Å². The standard InChI is InChI=1S/C18H15FN2O.C16H13FN2/c1-12(22)20-11-15-10-14-8-5-9-16(19)18(14)21-17(15)13-6-3-2-4-7-13;17-14-8-4-7-12-9-13(10-18)15(19-16(12)14)11-5-2-1-3-6-11/h2-10H,11H2,1H3,(H,20,22);1-9H,10,18H2. The molecule has 7 heteroatoms. The van der Waals surface area contributed by atoms with Crippen molar-refractivity contribution in [3.8, 4) is 22.5 Å². The highest BCUT2D eigenvalue weighted by Crippen LogP contribution is 2.28. The number of fused-ring (bicyclic) bond motifs is 2. The first kappa shape index (κ1) is 27.6. The topological polar surface area (TPSA) is 80.9 Å². The number of hydrogen-bond acceptors (Lipinski definition) is 4. The molecule has 0 saturated heterocycles. The van der Waals surface area contributed by atoms with Gasteiger partial charge in [0.2, 0.25) is 5.91 Å². The third-order valence-electron chi connectivity index (χ3n) is 6.59. The number of rotatable bonds is 5. The Morgan fingerprint density at radius 3 is 1.61 bits per heavy atom. The third-order valence-corrected chi connectivity index (χ3v) is 6.59. The van der Waals surface area contributed by atoms with E-state index >= 15 is 0 Å². The van der Waals surface area contributed by atoms with Gasteiger partial charge in [0.05, 0.1) is 11.4 Å². The molecule has 0 saturated carbocycles. The third kappa shape index (κ3) is 6.26. The van der Waals surface area contributed by atoms with E-state index in [4.69, 9.17) is 5.73 Å². The number of nitrogens with one attached hydrogen (secondary N) is 1. The van der Waals surface area contributed by atoms with Gasteiger partial charge in [-0.1, -0.05) is 84.9 Å². The number of pyridine rings is 2. The molecule has 0 aliphatic carbocycles. The molecule has 0 aliphatic heterocycles. The van der Waals surface area contributed by atoms with Crippen LogP contribution in [0.1, 0.15) is 18.1 Å². The lowest BCUT2D eigenvalue weighted by molar-refractivity contribution is -0.119. The first-order chi connectivity index (χ1) is 19.9. The van der Waals surface area contributed by atoms with E-state index in [2.05, 4.69) is 15.3 Å². The van der Waals surface area contributed by atoms with Gasteiger partial charge in [0.25, 0.3) is 0 Å². The Bertz CT molecular complexity index is 1830. The zero-order valence-electron chi connectivity index (χ0n) is 22.4. The van der Waals surface area contributed by atoms with Crippen molar-refractivity contribution < 1.29 is 13.6 Å². The number of carbonyl (C=O) groups is 1. The van der Waals surface area contributed by atoms with E-state index in [9.17, 15) is 13.6 Å². The van der Waals surface area contributed by atoms with Gasteiger partial charge < -0.3 is 11.1 Å². The van der Waals surface area contributed by atoms with Crippen molar-refractivity contribution in [2.45, 2.75) is 20.0 Å². The molecule has 6 aromatic rings. The van der Waals surface area contributed by atoms with E-state index < -0.39 is 0 Å². The minimum Gasteiger partial charge on any atom is -0.352 e. The summed E-state index contributed by atoms with van der Waals surface area (Å²) >= 11 is 0. The van der Waals surface area contributed by atoms with Crippen molar-refractivity contribution in [2.24, 2.45) is 5.73 Å². The molecule has 6 rings (SSSR count). The van der Waals surface area contributed by atoms with Crippen LogP contribution in [0.2, 0.25) is 0 Å². The molecule has 41 heavy (non-hydrogen) atoms. The number of halogens is 2. The van der Waals surface area contributed by atoms with Gasteiger partial charge >= 0.3 is 0 Å². The highest BCUT2D eigenvalue weighted by Gasteiger charge is 2.12. The molecule has 0 fully saturated rings. The molecule has 0 spiro atoms. The first-order valence-corrected chi connectivity index (χ1v) is 13.2. The predicted molar refractivity (Wildman–Crippen MR) is 160 cm³/mol. The van der Waals surface area contributed by atoms with Crippen LogP contribution >= 0.6 is 0 Å². The quantitative estimate of drug-likeness (QED) is 0.240. The molecule has 0 unspecified atom stereocenters. The highest BCUT2D eigenvalue weighted by molar-refractivity contribution is 5.85. The maximum absolute atomic E-state index is 14.0. The van der Waals surface area contributed by atoms with Crippen LogP contribution in [0.3, 0.4) is 0 Å². The summed E-state index contributed by atoms with van der Waals surface area (Å²) in [4.78, 5) is 20.1. The summed E-state index contributed by atoms with van der Waals surface area (Å²) in [7, 11) is 0. The van der Waals surface area contributed by atoms with Crippen molar-refractivity contribution in [1.29, 1.82) is 0 Å². The summed E-state index contributed by atoms with van der Waals surface area (Å²) < 4.78 is 27.8. The van der Waals surface area contributed by atoms with E-state index in [-0.39, 0.29) is 17.5 Å². The fraction of sp³-hybridized carbons (Fsp3) is 0.0882. The normalized spacial score (nSPS) is 10.7. The number of para-hydroxylation sites is 2. The number of nitrogens with zero attached hydrogens (tertiary/aromatic N) is 2. The summed E-state index contributed by atoms with van der Waals surface area (Å²) in [6.45, 7) is 2.21. The zero-order chi connectivity index (χ0) is 28.8. The number of benzene rings is 4. The second-order valence-corrected chi connectivity index (χ2v) is 9.46. The number of carbonyl (C=O) groups excluding carboxylic acids is 1. The van der Waals surface area contributed by atoms with Gasteiger partial charge in [-0.2, -0.15) is 0 Å². The van der Waals surface area contributed by atoms with Crippen LogP contribution in [0, 0.1) is 11.6 Å². The molecule has 0 aliphatic rings. The average Bonchev–Trinajstić information content (AvgIpc) is 3.00. The summed E-state index contributed by atoms with van der Waals surface area (Å²) in [6, 6.07) is 32.9. The van der Waals surface area contributed by atoms with E-state index in [1.807, 2.05) is 84.9 Å². The summed E-state index contributed by atoms with van der Waals surface area (Å²) in [5, 5.41) is 4.28. The molecule has 5 nitrogen and oxygen atoms in total. The number of hydrogen-bond donors (Lipinski definition) is 2. The second-order valence-electron chi connectivity index (χ2n) is 9.46. The van der Waals surface area contributed by atoms with Crippen molar-refractivity contribution in [1.82, 2.24) is 15.3 Å². The molecular weight excluding hydrogens is 518 g/mol. The minimum atomic E-state index is -0.347. The van der Waals surface area contributed by atoms with Crippen molar-refractivity contribution in [2.75, 3.05) is 0 Å². The monoisotopic (exact) mass is 546 g/mol. The zero-order valence-corrected chi connectivity index (χ0v) is 22.4. The first-order valence-electron chi connectivity index (χ1n) is 13.2. The molecular formula is C34H28F2N4O. The molecule has 2 aromatic heterocycles. The van der Waals surface area contributed by atoms with Gasteiger partial charge in [-0.15, -0.1) is 0 Å². The SMILES string of the molecule is CC(=O)NCc1cc2cccc(F)c2nc1-c1ccccc1.NCc1cc2cccc(F)c2nc1-c1ccccc1. The van der Waals surface area contributed by atoms with Gasteiger partial charge in [-0.3, -0.25) is 4.79 Å². The molecule has 1 amide bonds. The van der Waals surface area contributed by atoms with Gasteiger partial charge in [0, 0.05) is 41.9 Å². The maximum atomic E-state index is 14.0. The summed E-state index contributed by atoms with van der Waals surface area (Å²) in [6.07, 6.45) is 0. The Hall–Kier alpha value is -5.01. The maximum Gasteiger partial charge on any atom is 0.217 e. The average molecular weight is 547 g/mol. The van der Waals surface area contributed by atoms with Crippen LogP contribution < -0.4 is 11.1 Å². The Balaban J connectivity index is 0.000000166. The Kier molecular flexibility index (Phi) is 8.36. The fourth-order valence-corrected chi connectivity index (χ4v) is 4.61. The minimum absolute atomic E-state index is 0.113. The van der Waals surface area contributed by atoms with Crippen LogP contribution in [-0.2, 0) is 17.9 Å². The predicted octanol–water partition coefficient (Wildman–Crippen LogP) is 7.18. The number of aromatic nitrogens is 2. The molecule has 0 radical (unpaired) electrons. The van der Waals surface area contributed by atoms with Crippen LogP contribution in [-0.4, -0.2) is 15.9 Å². The molecule has 204 valence electrons. The summed E-state index contributed by atoms with van der Waals surface area (Å²) in [5.41, 5.74) is 11.6. The van der Waals surface area contributed by atoms with Gasteiger partial charge in [-0.25, -0.2) is 18.7 Å². The molecule has 4 aromatic carbocycles. The Morgan fingerprint density at radius 2 is 1.15 bits per heavy atom. The van der Waals surface area contributed by atoms with E-state index in [0.717, 1.165) is 38.7 Å². The van der Waals surface area contributed by atoms with Crippen LogP contribution in [0.25, 0.3) is 44.3 Å². The lowest BCUT2D eigenvalue weighted by atomic mass is 10.0. The molecule has 2 heterocycles. The molecule has 3 N–H and O–H groups in total. The van der Waals surface area contributed by atoms with Crippen LogP contribution in [0.15, 0.2) is 109 Å². The van der Waals surface area contributed by atoms with E-state index in [0.29, 0.717) is 29.8 Å². The van der Waals surface area contributed by atoms with E-state index in [1.54, 1.807) is 12.1 Å². The van der Waals surface area contributed by atoms with Crippen molar-refractivity contribution in [3.05, 3.63) is 132 Å². The van der Waals surface area contributed by atoms with Crippen LogP contribution in [0.5, 0.6) is 0 Å². The van der Waals surface area contributed by atoms with Gasteiger partial charge in [0.1, 0.15) is 22.7 Å². The largest absolute Gasteiger partial charge is 0.352 e. The van der Waals surface area contributed by atoms with Crippen LogP contribution in [0.4, 0.5) is 8.78 Å². The van der Waals surface area contributed by atoms with Gasteiger partial charge in [-0.05, 0) is 35.4 Å². The number of amides is 1.